The Bertz CT molecular complexity index is 811. The number of nitrogens with one attached hydrogen (secondary N) is 1. The summed E-state index contributed by atoms with van der Waals surface area (Å²) in [6.45, 7) is 7.93. The normalized spacial score (nSPS) is 19.5. The smallest absolute Gasteiger partial charge is 0.211 e. The number of nitrogens with zero attached hydrogens (tertiary/aromatic N) is 6. The highest BCUT2D eigenvalue weighted by molar-refractivity contribution is 5.86. The van der Waals surface area contributed by atoms with Crippen LogP contribution in [-0.2, 0) is 4.79 Å². The number of anilines is 3. The summed E-state index contributed by atoms with van der Waals surface area (Å²) in [5.41, 5.74) is 2.41. The van der Waals surface area contributed by atoms with Gasteiger partial charge in [0.15, 0.2) is 11.6 Å². The molecule has 8 heteroatoms. The van der Waals surface area contributed by atoms with E-state index in [1.54, 1.807) is 0 Å². The molecule has 2 saturated heterocycles. The first kappa shape index (κ1) is 17.9. The molecule has 2 aromatic rings. The Morgan fingerprint density at radius 1 is 0.815 bits per heavy atom. The predicted octanol–water partition coefficient (Wildman–Crippen LogP) is 0.702. The zero-order valence-electron chi connectivity index (χ0n) is 16.1. The van der Waals surface area contributed by atoms with Crippen molar-refractivity contribution in [2.24, 2.45) is 0 Å². The summed E-state index contributed by atoms with van der Waals surface area (Å²) in [7, 11) is 4.31. The molecule has 1 amide bonds. The minimum Gasteiger partial charge on any atom is -0.351 e. The molecule has 0 radical (unpaired) electrons. The number of hydrogen-bond donors (Lipinski definition) is 1. The van der Waals surface area contributed by atoms with Gasteiger partial charge in [0, 0.05) is 58.0 Å². The van der Waals surface area contributed by atoms with Crippen molar-refractivity contribution in [1.82, 2.24) is 19.8 Å². The van der Waals surface area contributed by atoms with E-state index in [0.29, 0.717) is 6.41 Å². The van der Waals surface area contributed by atoms with E-state index in [0.717, 1.165) is 80.7 Å². The van der Waals surface area contributed by atoms with Gasteiger partial charge in [-0.15, -0.1) is 0 Å². The van der Waals surface area contributed by atoms with E-state index in [-0.39, 0.29) is 0 Å². The molecular weight excluding hydrogens is 342 g/mol. The molecule has 0 atom stereocenters. The van der Waals surface area contributed by atoms with Crippen molar-refractivity contribution in [3.63, 3.8) is 0 Å². The lowest BCUT2D eigenvalue weighted by Crippen LogP contribution is -2.48. The van der Waals surface area contributed by atoms with Crippen LogP contribution in [0, 0.1) is 0 Å². The monoisotopic (exact) mass is 369 g/mol. The molecule has 0 bridgehead atoms. The van der Waals surface area contributed by atoms with E-state index in [1.165, 1.54) is 0 Å². The summed E-state index contributed by atoms with van der Waals surface area (Å²) >= 11 is 0. The number of aromatic nitrogens is 2. The van der Waals surface area contributed by atoms with Crippen molar-refractivity contribution in [3.8, 4) is 0 Å². The Labute approximate surface area is 159 Å². The van der Waals surface area contributed by atoms with Gasteiger partial charge in [0.05, 0.1) is 11.0 Å². The lowest BCUT2D eigenvalue weighted by Gasteiger charge is -2.38. The molecule has 0 aliphatic carbocycles. The highest BCUT2D eigenvalue weighted by atomic mass is 16.1. The van der Waals surface area contributed by atoms with Gasteiger partial charge in [0.1, 0.15) is 0 Å². The van der Waals surface area contributed by atoms with Crippen LogP contribution in [0.1, 0.15) is 0 Å². The number of carbonyl (C=O) groups is 1. The van der Waals surface area contributed by atoms with Crippen LogP contribution in [0.2, 0.25) is 0 Å². The summed E-state index contributed by atoms with van der Waals surface area (Å²) in [6.07, 6.45) is 0.689. The molecule has 0 spiro atoms. The molecule has 8 nitrogen and oxygen atoms in total. The first-order valence-electron chi connectivity index (χ1n) is 9.53. The zero-order valence-corrected chi connectivity index (χ0v) is 16.1. The number of hydrogen-bond acceptors (Lipinski definition) is 7. The molecular formula is C19H27N7O. The van der Waals surface area contributed by atoms with Crippen LogP contribution in [0.25, 0.3) is 11.0 Å². The molecule has 144 valence electrons. The maximum absolute atomic E-state index is 10.8. The standard InChI is InChI=1S/C19H27N7O/c1-23-5-9-25(10-6-23)18-19(26-11-7-24(2)8-12-26)22-17-13-15(20-14-27)3-4-16(17)21-18/h3-4,13-14H,5-12H2,1-2H3,(H,20,27). The lowest BCUT2D eigenvalue weighted by atomic mass is 10.2. The number of piperazine rings is 2. The third-order valence-electron chi connectivity index (χ3n) is 5.46. The maximum atomic E-state index is 10.8. The highest BCUT2D eigenvalue weighted by Gasteiger charge is 2.25. The fraction of sp³-hybridized carbons (Fsp3) is 0.526. The van der Waals surface area contributed by atoms with Crippen LogP contribution in [-0.4, -0.2) is 92.6 Å². The molecule has 2 aliphatic rings. The maximum Gasteiger partial charge on any atom is 0.211 e. The molecule has 2 aliphatic heterocycles. The number of likely N-dealkylation sites (N-methyl/N-ethyl adjacent to an activating group) is 2. The fourth-order valence-corrected chi connectivity index (χ4v) is 3.65. The van der Waals surface area contributed by atoms with E-state index < -0.39 is 0 Å². The molecule has 0 unspecified atom stereocenters. The number of benzene rings is 1. The minimum atomic E-state index is 0.689. The van der Waals surface area contributed by atoms with Gasteiger partial charge < -0.3 is 24.9 Å². The van der Waals surface area contributed by atoms with Crippen LogP contribution in [0.5, 0.6) is 0 Å². The van der Waals surface area contributed by atoms with E-state index in [2.05, 4.69) is 39.0 Å². The van der Waals surface area contributed by atoms with E-state index in [9.17, 15) is 4.79 Å². The van der Waals surface area contributed by atoms with Gasteiger partial charge in [-0.25, -0.2) is 9.97 Å². The average Bonchev–Trinajstić information content (AvgIpc) is 2.68. The van der Waals surface area contributed by atoms with Crippen molar-refractivity contribution in [2.45, 2.75) is 0 Å². The number of carbonyl (C=O) groups excluding carboxylic acids is 1. The van der Waals surface area contributed by atoms with Crippen molar-refractivity contribution >= 4 is 34.8 Å². The van der Waals surface area contributed by atoms with Crippen molar-refractivity contribution in [1.29, 1.82) is 0 Å². The van der Waals surface area contributed by atoms with Crippen molar-refractivity contribution < 1.29 is 4.79 Å². The van der Waals surface area contributed by atoms with Gasteiger partial charge in [-0.05, 0) is 32.3 Å². The van der Waals surface area contributed by atoms with Gasteiger partial charge in [-0.3, -0.25) is 4.79 Å². The predicted molar refractivity (Wildman–Crippen MR) is 109 cm³/mol. The number of amides is 1. The lowest BCUT2D eigenvalue weighted by molar-refractivity contribution is -0.105. The van der Waals surface area contributed by atoms with Gasteiger partial charge in [-0.2, -0.15) is 0 Å². The SMILES string of the molecule is CN1CCN(c2nc3ccc(NC=O)cc3nc2N2CCN(C)CC2)CC1. The summed E-state index contributed by atoms with van der Waals surface area (Å²) in [4.78, 5) is 30.2. The highest BCUT2D eigenvalue weighted by Crippen LogP contribution is 2.30. The molecule has 1 aromatic heterocycles. The average molecular weight is 369 g/mol. The van der Waals surface area contributed by atoms with Gasteiger partial charge >= 0.3 is 0 Å². The topological polar surface area (TPSA) is 67.8 Å². The third kappa shape index (κ3) is 3.81. The summed E-state index contributed by atoms with van der Waals surface area (Å²) in [5, 5.41) is 2.70. The Morgan fingerprint density at radius 2 is 1.33 bits per heavy atom. The first-order valence-corrected chi connectivity index (χ1v) is 9.53. The van der Waals surface area contributed by atoms with Gasteiger partial charge in [0.2, 0.25) is 6.41 Å². The third-order valence-corrected chi connectivity index (χ3v) is 5.46. The summed E-state index contributed by atoms with van der Waals surface area (Å²) in [6, 6.07) is 5.69. The Balaban J connectivity index is 1.74. The Morgan fingerprint density at radius 3 is 1.85 bits per heavy atom. The largest absolute Gasteiger partial charge is 0.351 e. The molecule has 3 heterocycles. The molecule has 1 aromatic carbocycles. The molecule has 1 N–H and O–H groups in total. The van der Waals surface area contributed by atoms with Gasteiger partial charge in [0.25, 0.3) is 0 Å². The summed E-state index contributed by atoms with van der Waals surface area (Å²) < 4.78 is 0. The zero-order chi connectivity index (χ0) is 18.8. The summed E-state index contributed by atoms with van der Waals surface area (Å²) in [5.74, 6) is 1.94. The van der Waals surface area contributed by atoms with Crippen LogP contribution >= 0.6 is 0 Å². The molecule has 27 heavy (non-hydrogen) atoms. The van der Waals surface area contributed by atoms with Crippen molar-refractivity contribution in [2.75, 3.05) is 81.6 Å². The number of fused-ring (bicyclic) bond motifs is 1. The Hall–Kier alpha value is -2.45. The second kappa shape index (κ2) is 7.66. The number of rotatable bonds is 4. The van der Waals surface area contributed by atoms with Crippen LogP contribution in [0.3, 0.4) is 0 Å². The Kier molecular flexibility index (Phi) is 5.09. The first-order chi connectivity index (χ1) is 13.1. The molecule has 4 rings (SSSR count). The van der Waals surface area contributed by atoms with Crippen LogP contribution < -0.4 is 15.1 Å². The second-order valence-electron chi connectivity index (χ2n) is 7.42. The fourth-order valence-electron chi connectivity index (χ4n) is 3.65. The van der Waals surface area contributed by atoms with Crippen molar-refractivity contribution in [3.05, 3.63) is 18.2 Å². The van der Waals surface area contributed by atoms with E-state index in [1.807, 2.05) is 18.2 Å². The molecule has 0 saturated carbocycles. The van der Waals surface area contributed by atoms with E-state index >= 15 is 0 Å². The quantitative estimate of drug-likeness (QED) is 0.796. The van der Waals surface area contributed by atoms with Gasteiger partial charge in [-0.1, -0.05) is 0 Å². The van der Waals surface area contributed by atoms with E-state index in [4.69, 9.17) is 9.97 Å². The second-order valence-corrected chi connectivity index (χ2v) is 7.42. The molecule has 2 fully saturated rings. The van der Waals surface area contributed by atoms with Crippen LogP contribution in [0.15, 0.2) is 18.2 Å². The van der Waals surface area contributed by atoms with Crippen LogP contribution in [0.4, 0.5) is 17.3 Å². The minimum absolute atomic E-state index is 0.689.